The highest BCUT2D eigenvalue weighted by molar-refractivity contribution is 8.01. The number of thioether (sulfide) groups is 1. The van der Waals surface area contributed by atoms with Crippen molar-refractivity contribution in [1.82, 2.24) is 4.90 Å². The number of nitrogens with zero attached hydrogens (tertiary/aromatic N) is 2. The van der Waals surface area contributed by atoms with E-state index in [4.69, 9.17) is 0 Å². The van der Waals surface area contributed by atoms with Gasteiger partial charge in [0.15, 0.2) is 4.87 Å². The molecule has 2 fully saturated rings. The molecule has 0 N–H and O–H groups in total. The SMILES string of the molecule is O=C(C1CC1)N1CCS[C@@]12C(=O)N(Cc1c(F)cccc1F)c1ccccc12. The standard InChI is InChI=1S/C21H18F2N2O2S/c22-16-5-3-6-17(23)14(16)12-24-18-7-2-1-4-15(18)21(20(24)27)25(10-11-28-21)19(26)13-8-9-13/h1-7,13H,8-12H2/t21-/m0/s1. The van der Waals surface area contributed by atoms with Crippen LogP contribution >= 0.6 is 11.8 Å². The molecule has 2 aromatic carbocycles. The molecule has 2 heterocycles. The molecule has 2 amide bonds. The monoisotopic (exact) mass is 400 g/mol. The van der Waals surface area contributed by atoms with Crippen molar-refractivity contribution in [2.45, 2.75) is 24.3 Å². The molecule has 3 aliphatic rings. The molecular formula is C21H18F2N2O2S. The molecule has 1 atom stereocenters. The molecule has 1 spiro atoms. The molecule has 0 aromatic heterocycles. The van der Waals surface area contributed by atoms with Crippen molar-refractivity contribution in [2.75, 3.05) is 17.2 Å². The first-order valence-electron chi connectivity index (χ1n) is 9.34. The van der Waals surface area contributed by atoms with E-state index in [-0.39, 0.29) is 29.8 Å². The second kappa shape index (κ2) is 6.30. The predicted octanol–water partition coefficient (Wildman–Crippen LogP) is 3.65. The number of hydrogen-bond donors (Lipinski definition) is 0. The van der Waals surface area contributed by atoms with Crippen LogP contribution in [0.2, 0.25) is 0 Å². The van der Waals surface area contributed by atoms with E-state index in [1.807, 2.05) is 12.1 Å². The quantitative estimate of drug-likeness (QED) is 0.790. The second-order valence-electron chi connectivity index (χ2n) is 7.37. The van der Waals surface area contributed by atoms with Crippen LogP contribution in [0.25, 0.3) is 0 Å². The van der Waals surface area contributed by atoms with Gasteiger partial charge in [0.05, 0.1) is 12.2 Å². The smallest absolute Gasteiger partial charge is 0.268 e. The molecule has 0 bridgehead atoms. The third-order valence-electron chi connectivity index (χ3n) is 5.67. The Morgan fingerprint density at radius 1 is 1.11 bits per heavy atom. The van der Waals surface area contributed by atoms with Crippen molar-refractivity contribution < 1.29 is 18.4 Å². The van der Waals surface area contributed by atoms with Crippen molar-refractivity contribution >= 4 is 29.3 Å². The van der Waals surface area contributed by atoms with Crippen LogP contribution in [0.5, 0.6) is 0 Å². The number of anilines is 1. The van der Waals surface area contributed by atoms with Gasteiger partial charge in [0.1, 0.15) is 11.6 Å². The van der Waals surface area contributed by atoms with Crippen molar-refractivity contribution in [3.63, 3.8) is 0 Å². The number of carbonyl (C=O) groups is 2. The molecule has 5 rings (SSSR count). The van der Waals surface area contributed by atoms with Gasteiger partial charge in [0, 0.05) is 29.3 Å². The summed E-state index contributed by atoms with van der Waals surface area (Å²) < 4.78 is 28.5. The van der Waals surface area contributed by atoms with Gasteiger partial charge < -0.3 is 9.80 Å². The third kappa shape index (κ3) is 2.42. The summed E-state index contributed by atoms with van der Waals surface area (Å²) in [6, 6.07) is 10.9. The normalized spacial score (nSPS) is 23.6. The summed E-state index contributed by atoms with van der Waals surface area (Å²) in [6.45, 7) is 0.296. The van der Waals surface area contributed by atoms with Gasteiger partial charge in [-0.05, 0) is 31.0 Å². The van der Waals surface area contributed by atoms with Crippen molar-refractivity contribution in [2.24, 2.45) is 5.92 Å². The number of amides is 2. The number of para-hydroxylation sites is 1. The number of benzene rings is 2. The van der Waals surface area contributed by atoms with Crippen molar-refractivity contribution in [1.29, 1.82) is 0 Å². The first-order valence-corrected chi connectivity index (χ1v) is 10.3. The number of halogens is 2. The van der Waals surface area contributed by atoms with Crippen LogP contribution in [-0.4, -0.2) is 29.0 Å². The van der Waals surface area contributed by atoms with E-state index >= 15 is 0 Å². The van der Waals surface area contributed by atoms with Gasteiger partial charge in [-0.1, -0.05) is 24.3 Å². The molecule has 1 saturated carbocycles. The van der Waals surface area contributed by atoms with E-state index in [1.54, 1.807) is 17.0 Å². The van der Waals surface area contributed by atoms with Crippen molar-refractivity contribution in [3.05, 3.63) is 65.2 Å². The number of fused-ring (bicyclic) bond motifs is 2. The third-order valence-corrected chi connectivity index (χ3v) is 7.09. The highest BCUT2D eigenvalue weighted by Crippen LogP contribution is 2.55. The lowest BCUT2D eigenvalue weighted by Gasteiger charge is -2.33. The van der Waals surface area contributed by atoms with Crippen molar-refractivity contribution in [3.8, 4) is 0 Å². The molecular weight excluding hydrogens is 382 g/mol. The highest BCUT2D eigenvalue weighted by atomic mass is 32.2. The maximum absolute atomic E-state index is 14.2. The largest absolute Gasteiger partial charge is 0.315 e. The Morgan fingerprint density at radius 2 is 1.82 bits per heavy atom. The summed E-state index contributed by atoms with van der Waals surface area (Å²) in [7, 11) is 0. The number of carbonyl (C=O) groups excluding carboxylic acids is 2. The van der Waals surface area contributed by atoms with E-state index in [2.05, 4.69) is 0 Å². The Labute approximate surface area is 165 Å². The fourth-order valence-corrected chi connectivity index (χ4v) is 5.61. The number of hydrogen-bond acceptors (Lipinski definition) is 3. The summed E-state index contributed by atoms with van der Waals surface area (Å²) in [6.07, 6.45) is 1.71. The fourth-order valence-electron chi connectivity index (χ4n) is 4.14. The molecule has 7 heteroatoms. The molecule has 1 aliphatic carbocycles. The van der Waals surface area contributed by atoms with Crippen LogP contribution in [0.4, 0.5) is 14.5 Å². The Kier molecular flexibility index (Phi) is 3.98. The maximum Gasteiger partial charge on any atom is 0.268 e. The Balaban J connectivity index is 1.60. The molecule has 2 aliphatic heterocycles. The minimum absolute atomic E-state index is 0.00593. The van der Waals surface area contributed by atoms with Gasteiger partial charge in [0.25, 0.3) is 5.91 Å². The van der Waals surface area contributed by atoms with E-state index in [0.717, 1.165) is 18.4 Å². The van der Waals surface area contributed by atoms with Crippen LogP contribution in [-0.2, 0) is 21.0 Å². The Morgan fingerprint density at radius 3 is 2.54 bits per heavy atom. The highest BCUT2D eigenvalue weighted by Gasteiger charge is 2.60. The van der Waals surface area contributed by atoms with Crippen LogP contribution < -0.4 is 4.90 Å². The summed E-state index contributed by atoms with van der Waals surface area (Å²) in [5, 5.41) is 0. The first-order chi connectivity index (χ1) is 13.5. The maximum atomic E-state index is 14.2. The van der Waals surface area contributed by atoms with Crippen LogP contribution in [0.3, 0.4) is 0 Å². The predicted molar refractivity (Wildman–Crippen MR) is 103 cm³/mol. The fraction of sp³-hybridized carbons (Fsp3) is 0.333. The average molecular weight is 400 g/mol. The van der Waals surface area contributed by atoms with E-state index in [1.165, 1.54) is 34.9 Å². The Hall–Kier alpha value is -2.41. The van der Waals surface area contributed by atoms with Gasteiger partial charge in [0.2, 0.25) is 5.91 Å². The molecule has 1 saturated heterocycles. The van der Waals surface area contributed by atoms with Crippen LogP contribution in [0.1, 0.15) is 24.0 Å². The topological polar surface area (TPSA) is 40.6 Å². The van der Waals surface area contributed by atoms with Gasteiger partial charge in [-0.3, -0.25) is 9.59 Å². The lowest BCUT2D eigenvalue weighted by molar-refractivity contribution is -0.141. The zero-order valence-corrected chi connectivity index (χ0v) is 15.8. The zero-order valence-electron chi connectivity index (χ0n) is 15.0. The van der Waals surface area contributed by atoms with E-state index in [0.29, 0.717) is 18.0 Å². The molecule has 28 heavy (non-hydrogen) atoms. The molecule has 0 unspecified atom stereocenters. The molecule has 0 radical (unpaired) electrons. The minimum atomic E-state index is -1.13. The number of rotatable bonds is 3. The second-order valence-corrected chi connectivity index (χ2v) is 8.65. The summed E-state index contributed by atoms with van der Waals surface area (Å²) in [4.78, 5) is 28.5. The summed E-state index contributed by atoms with van der Waals surface area (Å²) in [5.41, 5.74) is 1.19. The Bertz CT molecular complexity index is 974. The van der Waals surface area contributed by atoms with E-state index < -0.39 is 16.5 Å². The van der Waals surface area contributed by atoms with Gasteiger partial charge in [-0.15, -0.1) is 11.8 Å². The lowest BCUT2D eigenvalue weighted by atomic mass is 10.1. The summed E-state index contributed by atoms with van der Waals surface area (Å²) in [5.74, 6) is -1.01. The lowest BCUT2D eigenvalue weighted by Crippen LogP contribution is -2.50. The minimum Gasteiger partial charge on any atom is -0.315 e. The summed E-state index contributed by atoms with van der Waals surface area (Å²) >= 11 is 1.43. The van der Waals surface area contributed by atoms with Gasteiger partial charge >= 0.3 is 0 Å². The molecule has 2 aromatic rings. The zero-order chi connectivity index (χ0) is 19.5. The van der Waals surface area contributed by atoms with Gasteiger partial charge in [-0.25, -0.2) is 8.78 Å². The van der Waals surface area contributed by atoms with Crippen LogP contribution in [0, 0.1) is 17.6 Å². The first kappa shape index (κ1) is 17.7. The molecule has 144 valence electrons. The molecule has 4 nitrogen and oxygen atoms in total. The van der Waals surface area contributed by atoms with Gasteiger partial charge in [-0.2, -0.15) is 0 Å². The van der Waals surface area contributed by atoms with Crippen LogP contribution in [0.15, 0.2) is 42.5 Å². The van der Waals surface area contributed by atoms with E-state index in [9.17, 15) is 18.4 Å². The average Bonchev–Trinajstić information content (AvgIpc) is 3.41.